The van der Waals surface area contributed by atoms with Crippen molar-refractivity contribution < 1.29 is 9.15 Å². The van der Waals surface area contributed by atoms with Crippen molar-refractivity contribution in [2.45, 2.75) is 51.3 Å². The number of ether oxygens (including phenoxy) is 1. The Morgan fingerprint density at radius 3 is 2.71 bits per heavy atom. The molecule has 21 heavy (non-hydrogen) atoms. The first-order valence-electron chi connectivity index (χ1n) is 8.22. The fourth-order valence-electron chi connectivity index (χ4n) is 3.62. The van der Waals surface area contributed by atoms with E-state index in [4.69, 9.17) is 9.15 Å². The highest BCUT2D eigenvalue weighted by Gasteiger charge is 2.43. The van der Waals surface area contributed by atoms with Crippen LogP contribution in [-0.4, -0.2) is 54.7 Å². The Labute approximate surface area is 128 Å². The maximum atomic E-state index is 6.23. The molecule has 0 bridgehead atoms. The van der Waals surface area contributed by atoms with Crippen molar-refractivity contribution >= 4 is 0 Å². The van der Waals surface area contributed by atoms with Crippen LogP contribution in [0.15, 0.2) is 16.5 Å². The van der Waals surface area contributed by atoms with E-state index < -0.39 is 0 Å². The third-order valence-corrected chi connectivity index (χ3v) is 5.25. The summed E-state index contributed by atoms with van der Waals surface area (Å²) in [6, 6.07) is 4.75. The zero-order valence-corrected chi connectivity index (χ0v) is 13.6. The second-order valence-electron chi connectivity index (χ2n) is 6.71. The second kappa shape index (κ2) is 6.11. The lowest BCUT2D eigenvalue weighted by atomic mass is 9.87. The molecule has 0 N–H and O–H groups in total. The van der Waals surface area contributed by atoms with Crippen molar-refractivity contribution in [1.82, 2.24) is 9.80 Å². The molecule has 1 spiro atoms. The van der Waals surface area contributed by atoms with Crippen LogP contribution in [0.2, 0.25) is 0 Å². The van der Waals surface area contributed by atoms with Crippen LogP contribution in [0.5, 0.6) is 0 Å². The molecule has 2 aliphatic heterocycles. The summed E-state index contributed by atoms with van der Waals surface area (Å²) in [5.41, 5.74) is 0.143. The first-order valence-corrected chi connectivity index (χ1v) is 8.22. The van der Waals surface area contributed by atoms with Gasteiger partial charge in [0.15, 0.2) is 0 Å². The first kappa shape index (κ1) is 15.1. The molecule has 3 heterocycles. The summed E-state index contributed by atoms with van der Waals surface area (Å²) in [4.78, 5) is 4.91. The molecule has 0 saturated carbocycles. The van der Waals surface area contributed by atoms with Gasteiger partial charge in [-0.25, -0.2) is 0 Å². The number of nitrogens with zero attached hydrogens (tertiary/aromatic N) is 2. The lowest BCUT2D eigenvalue weighted by Gasteiger charge is -2.38. The summed E-state index contributed by atoms with van der Waals surface area (Å²) >= 11 is 0. The van der Waals surface area contributed by atoms with Crippen molar-refractivity contribution in [2.75, 3.05) is 33.3 Å². The number of likely N-dealkylation sites (N-methyl/N-ethyl adjacent to an activating group) is 1. The molecule has 0 aliphatic carbocycles. The maximum absolute atomic E-state index is 6.23. The van der Waals surface area contributed by atoms with Crippen LogP contribution >= 0.6 is 0 Å². The van der Waals surface area contributed by atoms with Crippen LogP contribution in [0.4, 0.5) is 0 Å². The zero-order chi connectivity index (χ0) is 14.9. The minimum atomic E-state index is 0.143. The Bertz CT molecular complexity index is 463. The molecular formula is C17H28N2O2. The van der Waals surface area contributed by atoms with E-state index in [9.17, 15) is 0 Å². The molecule has 1 aromatic heterocycles. The molecule has 118 valence electrons. The molecule has 0 aromatic carbocycles. The molecule has 1 atom stereocenters. The molecule has 2 saturated heterocycles. The average molecular weight is 292 g/mol. The van der Waals surface area contributed by atoms with E-state index in [1.165, 1.54) is 6.42 Å². The van der Waals surface area contributed by atoms with Gasteiger partial charge >= 0.3 is 0 Å². The Morgan fingerprint density at radius 2 is 2.10 bits per heavy atom. The van der Waals surface area contributed by atoms with Crippen molar-refractivity contribution in [1.29, 1.82) is 0 Å². The largest absolute Gasteiger partial charge is 0.465 e. The van der Waals surface area contributed by atoms with Crippen LogP contribution in [0.25, 0.3) is 0 Å². The fraction of sp³-hybridized carbons (Fsp3) is 0.765. The monoisotopic (exact) mass is 292 g/mol. The third-order valence-electron chi connectivity index (χ3n) is 5.25. The number of hydrogen-bond donors (Lipinski definition) is 0. The van der Waals surface area contributed by atoms with E-state index in [1.54, 1.807) is 0 Å². The Morgan fingerprint density at radius 1 is 1.33 bits per heavy atom. The molecule has 2 aliphatic rings. The van der Waals surface area contributed by atoms with Gasteiger partial charge in [0, 0.05) is 19.1 Å². The molecule has 0 unspecified atom stereocenters. The summed E-state index contributed by atoms with van der Waals surface area (Å²) in [7, 11) is 2.21. The van der Waals surface area contributed by atoms with E-state index >= 15 is 0 Å². The maximum Gasteiger partial charge on any atom is 0.118 e. The smallest absolute Gasteiger partial charge is 0.118 e. The standard InChI is InChI=1S/C17H28N2O2/c1-4-18(3)15-11-17(20-13-15)7-9-19(10-8-17)12-16-6-5-14(2)21-16/h5-6,15H,4,7-13H2,1-3H3/t15-/m1/s1. The Hall–Kier alpha value is -0.840. The van der Waals surface area contributed by atoms with Gasteiger partial charge in [0.1, 0.15) is 11.5 Å². The highest BCUT2D eigenvalue weighted by Crippen LogP contribution is 2.37. The van der Waals surface area contributed by atoms with Gasteiger partial charge in [-0.2, -0.15) is 0 Å². The molecule has 2 fully saturated rings. The van der Waals surface area contributed by atoms with Gasteiger partial charge in [0.25, 0.3) is 0 Å². The highest BCUT2D eigenvalue weighted by atomic mass is 16.5. The van der Waals surface area contributed by atoms with Gasteiger partial charge in [0.2, 0.25) is 0 Å². The zero-order valence-electron chi connectivity index (χ0n) is 13.6. The SMILES string of the molecule is CCN(C)[C@H]1COC2(CCN(Cc3ccc(C)o3)CC2)C1. The summed E-state index contributed by atoms with van der Waals surface area (Å²) in [5, 5.41) is 0. The summed E-state index contributed by atoms with van der Waals surface area (Å²) in [6.07, 6.45) is 3.51. The van der Waals surface area contributed by atoms with Crippen LogP contribution in [-0.2, 0) is 11.3 Å². The van der Waals surface area contributed by atoms with Crippen molar-refractivity contribution in [3.63, 3.8) is 0 Å². The van der Waals surface area contributed by atoms with E-state index in [2.05, 4.69) is 29.8 Å². The molecule has 0 radical (unpaired) electrons. The van der Waals surface area contributed by atoms with Gasteiger partial charge in [-0.3, -0.25) is 4.90 Å². The number of rotatable bonds is 4. The number of hydrogen-bond acceptors (Lipinski definition) is 4. The van der Waals surface area contributed by atoms with Crippen LogP contribution in [0.3, 0.4) is 0 Å². The topological polar surface area (TPSA) is 28.9 Å². The third kappa shape index (κ3) is 3.33. The highest BCUT2D eigenvalue weighted by molar-refractivity contribution is 5.06. The van der Waals surface area contributed by atoms with E-state index in [0.717, 1.165) is 57.1 Å². The summed E-state index contributed by atoms with van der Waals surface area (Å²) < 4.78 is 11.9. The van der Waals surface area contributed by atoms with Gasteiger partial charge < -0.3 is 14.1 Å². The normalized spacial score (nSPS) is 26.0. The van der Waals surface area contributed by atoms with E-state index in [-0.39, 0.29) is 5.60 Å². The number of furan rings is 1. The number of likely N-dealkylation sites (tertiary alicyclic amines) is 1. The lowest BCUT2D eigenvalue weighted by molar-refractivity contribution is -0.0461. The Balaban J connectivity index is 1.51. The molecule has 1 aromatic rings. The van der Waals surface area contributed by atoms with Crippen LogP contribution < -0.4 is 0 Å². The van der Waals surface area contributed by atoms with Crippen LogP contribution in [0.1, 0.15) is 37.7 Å². The first-order chi connectivity index (χ1) is 10.1. The minimum Gasteiger partial charge on any atom is -0.465 e. The van der Waals surface area contributed by atoms with Crippen molar-refractivity contribution in [3.8, 4) is 0 Å². The van der Waals surface area contributed by atoms with E-state index in [1.807, 2.05) is 13.0 Å². The number of aryl methyl sites for hydroxylation is 1. The Kier molecular flexibility index (Phi) is 4.38. The van der Waals surface area contributed by atoms with Gasteiger partial charge in [0.05, 0.1) is 18.8 Å². The minimum absolute atomic E-state index is 0.143. The summed E-state index contributed by atoms with van der Waals surface area (Å²) in [5.74, 6) is 2.09. The molecular weight excluding hydrogens is 264 g/mol. The average Bonchev–Trinajstić information content (AvgIpc) is 3.08. The van der Waals surface area contributed by atoms with E-state index in [0.29, 0.717) is 6.04 Å². The van der Waals surface area contributed by atoms with Gasteiger partial charge in [-0.1, -0.05) is 6.92 Å². The van der Waals surface area contributed by atoms with Crippen molar-refractivity contribution in [3.05, 3.63) is 23.7 Å². The lowest BCUT2D eigenvalue weighted by Crippen LogP contribution is -2.44. The molecule has 4 heteroatoms. The summed E-state index contributed by atoms with van der Waals surface area (Å²) in [6.45, 7) is 9.40. The quantitative estimate of drug-likeness (QED) is 0.853. The molecule has 4 nitrogen and oxygen atoms in total. The second-order valence-corrected chi connectivity index (χ2v) is 6.71. The molecule has 0 amide bonds. The molecule has 3 rings (SSSR count). The predicted molar refractivity (Wildman–Crippen MR) is 83.3 cm³/mol. The number of piperidine rings is 1. The van der Waals surface area contributed by atoms with Crippen molar-refractivity contribution in [2.24, 2.45) is 0 Å². The van der Waals surface area contributed by atoms with Crippen LogP contribution in [0, 0.1) is 6.92 Å². The fourth-order valence-corrected chi connectivity index (χ4v) is 3.62. The van der Waals surface area contributed by atoms with Gasteiger partial charge in [-0.15, -0.1) is 0 Å². The van der Waals surface area contributed by atoms with Gasteiger partial charge in [-0.05, 0) is 51.9 Å². The predicted octanol–water partition coefficient (Wildman–Crippen LogP) is 2.66.